The maximum absolute atomic E-state index is 12.5. The van der Waals surface area contributed by atoms with Crippen LogP contribution in [-0.4, -0.2) is 12.7 Å². The first kappa shape index (κ1) is 17.7. The minimum absolute atomic E-state index is 0.0586. The van der Waals surface area contributed by atoms with Crippen molar-refractivity contribution in [2.24, 2.45) is 0 Å². The third-order valence-electron chi connectivity index (χ3n) is 2.86. The fourth-order valence-electron chi connectivity index (χ4n) is 1.95. The first-order valence-corrected chi connectivity index (χ1v) is 6.46. The molecule has 128 valence electrons. The van der Waals surface area contributed by atoms with E-state index < -0.39 is 24.2 Å². The van der Waals surface area contributed by atoms with Gasteiger partial charge in [-0.1, -0.05) is 30.9 Å². The second-order valence-corrected chi connectivity index (χ2v) is 4.58. The van der Waals surface area contributed by atoms with Crippen molar-refractivity contribution in [2.75, 3.05) is 0 Å². The number of halogens is 6. The summed E-state index contributed by atoms with van der Waals surface area (Å²) in [5.74, 6) is -0.956. The lowest BCUT2D eigenvalue weighted by atomic mass is 10.0. The van der Waals surface area contributed by atoms with Crippen LogP contribution in [-0.2, 0) is 0 Å². The molecule has 24 heavy (non-hydrogen) atoms. The highest BCUT2D eigenvalue weighted by Crippen LogP contribution is 2.36. The van der Waals surface area contributed by atoms with Gasteiger partial charge in [-0.3, -0.25) is 0 Å². The summed E-state index contributed by atoms with van der Waals surface area (Å²) in [6.07, 6.45) is -8.33. The molecule has 0 spiro atoms. The molecule has 0 amide bonds. The lowest BCUT2D eigenvalue weighted by Gasteiger charge is -2.15. The van der Waals surface area contributed by atoms with Crippen LogP contribution in [0.3, 0.4) is 0 Å². The fourth-order valence-corrected chi connectivity index (χ4v) is 1.95. The minimum Gasteiger partial charge on any atom is -0.406 e. The third-order valence-corrected chi connectivity index (χ3v) is 2.86. The van der Waals surface area contributed by atoms with Crippen molar-refractivity contribution in [3.63, 3.8) is 0 Å². The van der Waals surface area contributed by atoms with Gasteiger partial charge >= 0.3 is 12.7 Å². The molecule has 0 aliphatic rings. The molecule has 0 radical (unpaired) electrons. The normalized spacial score (nSPS) is 11.9. The van der Waals surface area contributed by atoms with Gasteiger partial charge in [-0.05, 0) is 35.4 Å². The SMILES string of the molecule is C=Cc1ccc(OC(F)(F)F)c(-c2ccc(OC(F)(F)F)cc2)c1. The summed E-state index contributed by atoms with van der Waals surface area (Å²) in [6.45, 7) is 3.52. The molecule has 0 fully saturated rings. The highest BCUT2D eigenvalue weighted by molar-refractivity contribution is 5.74. The Hall–Kier alpha value is -2.64. The molecule has 8 heteroatoms. The number of alkyl halides is 6. The lowest BCUT2D eigenvalue weighted by molar-refractivity contribution is -0.275. The van der Waals surface area contributed by atoms with E-state index in [9.17, 15) is 26.3 Å². The van der Waals surface area contributed by atoms with Crippen LogP contribution in [0.2, 0.25) is 0 Å². The molecule has 0 bridgehead atoms. The van der Waals surface area contributed by atoms with Crippen molar-refractivity contribution < 1.29 is 35.8 Å². The minimum atomic E-state index is -4.90. The van der Waals surface area contributed by atoms with E-state index in [1.54, 1.807) is 0 Å². The van der Waals surface area contributed by atoms with Crippen molar-refractivity contribution in [1.29, 1.82) is 0 Å². The van der Waals surface area contributed by atoms with Gasteiger partial charge in [0.15, 0.2) is 0 Å². The van der Waals surface area contributed by atoms with Gasteiger partial charge in [0.25, 0.3) is 0 Å². The van der Waals surface area contributed by atoms with Crippen LogP contribution >= 0.6 is 0 Å². The second-order valence-electron chi connectivity index (χ2n) is 4.58. The smallest absolute Gasteiger partial charge is 0.406 e. The molecule has 0 heterocycles. The summed E-state index contributed by atoms with van der Waals surface area (Å²) in [4.78, 5) is 0. The Kier molecular flexibility index (Phi) is 4.77. The van der Waals surface area contributed by atoms with E-state index in [1.165, 1.54) is 30.3 Å². The zero-order valence-corrected chi connectivity index (χ0v) is 11.9. The summed E-state index contributed by atoms with van der Waals surface area (Å²) >= 11 is 0. The van der Waals surface area contributed by atoms with Crippen LogP contribution in [0.25, 0.3) is 17.2 Å². The van der Waals surface area contributed by atoms with Gasteiger partial charge in [-0.15, -0.1) is 26.3 Å². The predicted octanol–water partition coefficient (Wildman–Crippen LogP) is 5.79. The van der Waals surface area contributed by atoms with Gasteiger partial charge in [-0.2, -0.15) is 0 Å². The van der Waals surface area contributed by atoms with Crippen LogP contribution in [0.1, 0.15) is 5.56 Å². The van der Waals surface area contributed by atoms with Gasteiger partial charge < -0.3 is 9.47 Å². The highest BCUT2D eigenvalue weighted by atomic mass is 19.4. The van der Waals surface area contributed by atoms with Crippen molar-refractivity contribution >= 4 is 6.08 Å². The number of rotatable bonds is 4. The average Bonchev–Trinajstić information content (AvgIpc) is 2.45. The van der Waals surface area contributed by atoms with Crippen molar-refractivity contribution in [3.05, 3.63) is 54.6 Å². The Morgan fingerprint density at radius 1 is 0.792 bits per heavy atom. The zero-order chi connectivity index (χ0) is 18.0. The van der Waals surface area contributed by atoms with Gasteiger partial charge in [0.05, 0.1) is 0 Å². The molecule has 0 aliphatic carbocycles. The van der Waals surface area contributed by atoms with Crippen molar-refractivity contribution in [2.45, 2.75) is 12.7 Å². The Labute approximate surface area is 132 Å². The van der Waals surface area contributed by atoms with E-state index in [1.807, 2.05) is 0 Å². The van der Waals surface area contributed by atoms with Crippen LogP contribution in [0.4, 0.5) is 26.3 Å². The van der Waals surface area contributed by atoms with E-state index in [-0.39, 0.29) is 11.1 Å². The third kappa shape index (κ3) is 4.94. The van der Waals surface area contributed by atoms with E-state index in [0.29, 0.717) is 5.56 Å². The van der Waals surface area contributed by atoms with Crippen LogP contribution < -0.4 is 9.47 Å². The number of hydrogen-bond acceptors (Lipinski definition) is 2. The van der Waals surface area contributed by atoms with E-state index in [2.05, 4.69) is 16.1 Å². The van der Waals surface area contributed by atoms with E-state index >= 15 is 0 Å². The number of hydrogen-bond donors (Lipinski definition) is 0. The van der Waals surface area contributed by atoms with Crippen molar-refractivity contribution in [1.82, 2.24) is 0 Å². The summed E-state index contributed by atoms with van der Waals surface area (Å²) in [5, 5.41) is 0. The summed E-state index contributed by atoms with van der Waals surface area (Å²) in [6, 6.07) is 8.27. The monoisotopic (exact) mass is 348 g/mol. The van der Waals surface area contributed by atoms with Gasteiger partial charge in [0.2, 0.25) is 0 Å². The Morgan fingerprint density at radius 2 is 1.38 bits per heavy atom. The fraction of sp³-hybridized carbons (Fsp3) is 0.125. The number of ether oxygens (including phenoxy) is 2. The maximum atomic E-state index is 12.5. The summed E-state index contributed by atoms with van der Waals surface area (Å²) < 4.78 is 81.5. The first-order chi connectivity index (χ1) is 11.1. The second kappa shape index (κ2) is 6.46. The van der Waals surface area contributed by atoms with Crippen molar-refractivity contribution in [3.8, 4) is 22.6 Å². The largest absolute Gasteiger partial charge is 0.573 e. The average molecular weight is 348 g/mol. The molecule has 0 atom stereocenters. The van der Waals surface area contributed by atoms with E-state index in [4.69, 9.17) is 0 Å². The molecule has 0 saturated carbocycles. The van der Waals surface area contributed by atoms with Gasteiger partial charge in [-0.25, -0.2) is 0 Å². The van der Waals surface area contributed by atoms with Crippen LogP contribution in [0, 0.1) is 0 Å². The first-order valence-electron chi connectivity index (χ1n) is 6.46. The van der Waals surface area contributed by atoms with Gasteiger partial charge in [0, 0.05) is 5.56 Å². The highest BCUT2D eigenvalue weighted by Gasteiger charge is 2.33. The zero-order valence-electron chi connectivity index (χ0n) is 11.9. The standard InChI is InChI=1S/C16H10F6O2/c1-2-10-3-8-14(24-16(20,21)22)13(9-10)11-4-6-12(7-5-11)23-15(17,18)19/h2-9H,1H2. The quantitative estimate of drug-likeness (QED) is 0.651. The predicted molar refractivity (Wildman–Crippen MR) is 75.3 cm³/mol. The molecule has 0 aliphatic heterocycles. The van der Waals surface area contributed by atoms with Gasteiger partial charge in [0.1, 0.15) is 11.5 Å². The summed E-state index contributed by atoms with van der Waals surface area (Å²) in [5.41, 5.74) is 0.811. The Bertz CT molecular complexity index is 717. The molecule has 2 rings (SSSR count). The molecular formula is C16H10F6O2. The molecular weight excluding hydrogens is 338 g/mol. The number of benzene rings is 2. The molecule has 2 aromatic rings. The molecule has 0 saturated heterocycles. The molecule has 0 aromatic heterocycles. The maximum Gasteiger partial charge on any atom is 0.573 e. The van der Waals surface area contributed by atoms with Crippen LogP contribution in [0.15, 0.2) is 49.0 Å². The molecule has 0 N–H and O–H groups in total. The lowest BCUT2D eigenvalue weighted by Crippen LogP contribution is -2.17. The molecule has 2 aromatic carbocycles. The van der Waals surface area contributed by atoms with Crippen LogP contribution in [0.5, 0.6) is 11.5 Å². The summed E-state index contributed by atoms with van der Waals surface area (Å²) in [7, 11) is 0. The Balaban J connectivity index is 2.40. The molecule has 2 nitrogen and oxygen atoms in total. The van der Waals surface area contributed by atoms with E-state index in [0.717, 1.165) is 18.2 Å². The topological polar surface area (TPSA) is 18.5 Å². The Morgan fingerprint density at radius 3 is 1.88 bits per heavy atom. The molecule has 0 unspecified atom stereocenters.